The van der Waals surface area contributed by atoms with Gasteiger partial charge in [-0.3, -0.25) is 0 Å². The van der Waals surface area contributed by atoms with Gasteiger partial charge in [-0.15, -0.1) is 0 Å². The van der Waals surface area contributed by atoms with Crippen molar-refractivity contribution in [3.8, 4) is 50.2 Å². The lowest BCUT2D eigenvalue weighted by molar-refractivity contribution is 0.172. The van der Waals surface area contributed by atoms with Crippen molar-refractivity contribution in [2.75, 3.05) is 0 Å². The number of nitrogens with zero attached hydrogens (tertiary/aromatic N) is 1. The maximum absolute atomic E-state index is 2.58. The van der Waals surface area contributed by atoms with Crippen LogP contribution in [0, 0.1) is 11.8 Å². The minimum Gasteiger partial charge on any atom is -0.309 e. The van der Waals surface area contributed by atoms with Gasteiger partial charge in [0.15, 0.2) is 0 Å². The van der Waals surface area contributed by atoms with Gasteiger partial charge in [0, 0.05) is 27.3 Å². The largest absolute Gasteiger partial charge is 0.309 e. The van der Waals surface area contributed by atoms with Crippen LogP contribution in [0.25, 0.3) is 72.0 Å². The monoisotopic (exact) mass is 721 g/mol. The second-order valence-corrected chi connectivity index (χ2v) is 17.6. The minimum atomic E-state index is 0.0637. The molecule has 0 saturated heterocycles. The zero-order valence-corrected chi connectivity index (χ0v) is 32.5. The molecule has 12 rings (SSSR count). The van der Waals surface area contributed by atoms with Crippen LogP contribution in [-0.4, -0.2) is 4.57 Å². The first-order valence-corrected chi connectivity index (χ1v) is 21.2. The highest BCUT2D eigenvalue weighted by molar-refractivity contribution is 6.12. The molecule has 4 aliphatic carbocycles. The van der Waals surface area contributed by atoms with E-state index in [1.54, 1.807) is 16.7 Å². The minimum absolute atomic E-state index is 0.0637. The first kappa shape index (κ1) is 32.6. The molecule has 56 heavy (non-hydrogen) atoms. The number of hydrogen-bond acceptors (Lipinski definition) is 0. The third kappa shape index (κ3) is 4.27. The third-order valence-electron chi connectivity index (χ3n) is 15.1. The van der Waals surface area contributed by atoms with Gasteiger partial charge in [-0.25, -0.2) is 0 Å². The summed E-state index contributed by atoms with van der Waals surface area (Å²) in [6.45, 7) is 5.04. The van der Waals surface area contributed by atoms with Gasteiger partial charge in [-0.05, 0) is 147 Å². The Morgan fingerprint density at radius 1 is 0.429 bits per heavy atom. The van der Waals surface area contributed by atoms with Crippen molar-refractivity contribution in [1.82, 2.24) is 4.57 Å². The SMILES string of the molecule is CC1CCCC(C)C12c1ccccc1-c1ccc(-c3ccc4c(c3)c3cc(-c5ccccc5)ccc3n4-c3ccc4c(c3)-c3ccccc3C43CCCC3)cc12. The van der Waals surface area contributed by atoms with Crippen LogP contribution in [0.4, 0.5) is 0 Å². The van der Waals surface area contributed by atoms with Gasteiger partial charge in [0.25, 0.3) is 0 Å². The Balaban J connectivity index is 1.06. The molecule has 2 saturated carbocycles. The molecule has 1 aromatic heterocycles. The number of aromatic nitrogens is 1. The van der Waals surface area contributed by atoms with E-state index in [0.29, 0.717) is 11.8 Å². The normalized spacial score (nSPS) is 21.5. The van der Waals surface area contributed by atoms with Crippen molar-refractivity contribution in [2.24, 2.45) is 11.8 Å². The molecule has 0 N–H and O–H groups in total. The van der Waals surface area contributed by atoms with Crippen LogP contribution in [0.3, 0.4) is 0 Å². The van der Waals surface area contributed by atoms with E-state index in [2.05, 4.69) is 170 Å². The maximum Gasteiger partial charge on any atom is 0.0541 e. The molecule has 0 amide bonds. The molecule has 2 fully saturated rings. The molecule has 272 valence electrons. The van der Waals surface area contributed by atoms with E-state index in [-0.39, 0.29) is 10.8 Å². The molecule has 4 aliphatic rings. The van der Waals surface area contributed by atoms with Crippen LogP contribution in [0.15, 0.2) is 152 Å². The molecule has 0 radical (unpaired) electrons. The summed E-state index contributed by atoms with van der Waals surface area (Å²) in [5, 5.41) is 2.61. The molecule has 0 aliphatic heterocycles. The van der Waals surface area contributed by atoms with Gasteiger partial charge in [0.05, 0.1) is 11.0 Å². The predicted molar refractivity (Wildman–Crippen MR) is 235 cm³/mol. The fourth-order valence-corrected chi connectivity index (χ4v) is 12.7. The van der Waals surface area contributed by atoms with Crippen LogP contribution >= 0.6 is 0 Å². The molecule has 0 bridgehead atoms. The number of fused-ring (bicyclic) bond motifs is 13. The lowest BCUT2D eigenvalue weighted by atomic mass is 9.56. The summed E-state index contributed by atoms with van der Waals surface area (Å²) >= 11 is 0. The average molecular weight is 722 g/mol. The predicted octanol–water partition coefficient (Wildman–Crippen LogP) is 14.7. The Hall–Kier alpha value is -5.66. The number of rotatable bonds is 3. The number of benzene rings is 7. The standard InChI is InChI=1S/C55H47N/c1-35-13-12-14-36(2)55(35)50-20-9-7-17-42(50)44-25-21-40(33-51(44)55)39-23-28-53-47(32-39)46-31-38(37-15-4-3-5-16-37)22-27-52(46)56(53)41-24-26-49-45(34-41)43-18-6-8-19-48(43)54(49)29-10-11-30-54/h3-9,15-28,31-36H,10-14,29-30H2,1-2H3. The second-order valence-electron chi connectivity index (χ2n) is 17.6. The Labute approximate surface area is 330 Å². The van der Waals surface area contributed by atoms with Crippen LogP contribution in [0.5, 0.6) is 0 Å². The van der Waals surface area contributed by atoms with Crippen molar-refractivity contribution < 1.29 is 0 Å². The smallest absolute Gasteiger partial charge is 0.0541 e. The summed E-state index contributed by atoms with van der Waals surface area (Å²) in [6.07, 6.45) is 9.02. The zero-order valence-electron chi connectivity index (χ0n) is 32.5. The lowest BCUT2D eigenvalue weighted by Crippen LogP contribution is -2.42. The molecular formula is C55H47N. The lowest BCUT2D eigenvalue weighted by Gasteiger charge is -2.47. The molecule has 2 spiro atoms. The molecule has 2 unspecified atom stereocenters. The Morgan fingerprint density at radius 2 is 0.982 bits per heavy atom. The highest BCUT2D eigenvalue weighted by Gasteiger charge is 2.52. The third-order valence-corrected chi connectivity index (χ3v) is 15.1. The fourth-order valence-electron chi connectivity index (χ4n) is 12.7. The molecule has 8 aromatic rings. The highest BCUT2D eigenvalue weighted by atomic mass is 15.0. The van der Waals surface area contributed by atoms with Gasteiger partial charge < -0.3 is 4.57 Å². The Bertz CT molecular complexity index is 2870. The quantitative estimate of drug-likeness (QED) is 0.171. The van der Waals surface area contributed by atoms with Gasteiger partial charge in [-0.1, -0.05) is 142 Å². The Kier molecular flexibility index (Phi) is 6.93. The summed E-state index contributed by atoms with van der Waals surface area (Å²) in [6, 6.07) is 58.6. The van der Waals surface area contributed by atoms with Gasteiger partial charge in [-0.2, -0.15) is 0 Å². The summed E-state index contributed by atoms with van der Waals surface area (Å²) in [5.74, 6) is 1.20. The van der Waals surface area contributed by atoms with E-state index in [9.17, 15) is 0 Å². The zero-order chi connectivity index (χ0) is 37.2. The molecule has 7 aromatic carbocycles. The van der Waals surface area contributed by atoms with E-state index in [4.69, 9.17) is 0 Å². The summed E-state index contributed by atoms with van der Waals surface area (Å²) < 4.78 is 2.53. The van der Waals surface area contributed by atoms with E-state index < -0.39 is 0 Å². The number of hydrogen-bond donors (Lipinski definition) is 0. The summed E-state index contributed by atoms with van der Waals surface area (Å²) in [7, 11) is 0. The van der Waals surface area contributed by atoms with Crippen molar-refractivity contribution >= 4 is 21.8 Å². The van der Waals surface area contributed by atoms with Gasteiger partial charge in [0.2, 0.25) is 0 Å². The van der Waals surface area contributed by atoms with Crippen molar-refractivity contribution in [1.29, 1.82) is 0 Å². The van der Waals surface area contributed by atoms with Crippen molar-refractivity contribution in [3.63, 3.8) is 0 Å². The maximum atomic E-state index is 2.58. The van der Waals surface area contributed by atoms with E-state index >= 15 is 0 Å². The van der Waals surface area contributed by atoms with Crippen LogP contribution in [-0.2, 0) is 10.8 Å². The Morgan fingerprint density at radius 3 is 1.70 bits per heavy atom. The molecule has 1 heteroatoms. The van der Waals surface area contributed by atoms with Crippen LogP contribution in [0.1, 0.15) is 81.0 Å². The van der Waals surface area contributed by atoms with E-state index in [0.717, 1.165) is 0 Å². The second kappa shape index (κ2) is 11.9. The van der Waals surface area contributed by atoms with Crippen molar-refractivity contribution in [2.45, 2.75) is 69.6 Å². The van der Waals surface area contributed by atoms with Crippen molar-refractivity contribution in [3.05, 3.63) is 174 Å². The fraction of sp³-hybridized carbons (Fsp3) is 0.236. The van der Waals surface area contributed by atoms with E-state index in [1.807, 2.05) is 0 Å². The highest BCUT2D eigenvalue weighted by Crippen LogP contribution is 2.61. The average Bonchev–Trinajstić information content (AvgIpc) is 4.00. The topological polar surface area (TPSA) is 4.93 Å². The first-order chi connectivity index (χ1) is 27.6. The van der Waals surface area contributed by atoms with Gasteiger partial charge >= 0.3 is 0 Å². The molecule has 2 atom stereocenters. The summed E-state index contributed by atoms with van der Waals surface area (Å²) in [5.41, 5.74) is 21.0. The van der Waals surface area contributed by atoms with Crippen LogP contribution in [0.2, 0.25) is 0 Å². The molecule has 1 heterocycles. The van der Waals surface area contributed by atoms with E-state index in [1.165, 1.54) is 123 Å². The summed E-state index contributed by atoms with van der Waals surface area (Å²) in [4.78, 5) is 0. The first-order valence-electron chi connectivity index (χ1n) is 21.2. The van der Waals surface area contributed by atoms with Crippen LogP contribution < -0.4 is 0 Å². The molecule has 1 nitrogen and oxygen atoms in total. The van der Waals surface area contributed by atoms with Gasteiger partial charge in [0.1, 0.15) is 0 Å². The molecular weight excluding hydrogens is 675 g/mol.